The van der Waals surface area contributed by atoms with E-state index in [1.54, 1.807) is 0 Å². The van der Waals surface area contributed by atoms with Gasteiger partial charge < -0.3 is 14.8 Å². The van der Waals surface area contributed by atoms with Gasteiger partial charge in [-0.05, 0) is 31.7 Å². The first-order chi connectivity index (χ1) is 8.79. The van der Waals surface area contributed by atoms with Crippen molar-refractivity contribution >= 4 is 11.8 Å². The van der Waals surface area contributed by atoms with Gasteiger partial charge in [0.2, 0.25) is 0 Å². The number of thioether (sulfide) groups is 1. The van der Waals surface area contributed by atoms with Gasteiger partial charge in [-0.2, -0.15) is 0 Å². The van der Waals surface area contributed by atoms with Gasteiger partial charge in [0.1, 0.15) is 0 Å². The van der Waals surface area contributed by atoms with Crippen LogP contribution in [0.25, 0.3) is 0 Å². The van der Waals surface area contributed by atoms with Gasteiger partial charge in [-0.1, -0.05) is 6.92 Å². The first kappa shape index (κ1) is 13.6. The van der Waals surface area contributed by atoms with E-state index >= 15 is 0 Å². The van der Waals surface area contributed by atoms with Crippen LogP contribution >= 0.6 is 11.8 Å². The molecule has 1 aromatic carbocycles. The summed E-state index contributed by atoms with van der Waals surface area (Å²) in [6.07, 6.45) is 0.953. The van der Waals surface area contributed by atoms with Crippen molar-refractivity contribution in [3.05, 3.63) is 18.2 Å². The highest BCUT2D eigenvalue weighted by atomic mass is 32.2. The molecule has 18 heavy (non-hydrogen) atoms. The number of hydrogen-bond acceptors (Lipinski definition) is 4. The third kappa shape index (κ3) is 3.82. The summed E-state index contributed by atoms with van der Waals surface area (Å²) in [5.41, 5.74) is 0. The second-order valence-corrected chi connectivity index (χ2v) is 5.52. The maximum Gasteiger partial charge on any atom is 0.162 e. The van der Waals surface area contributed by atoms with Crippen LogP contribution in [-0.4, -0.2) is 31.6 Å². The van der Waals surface area contributed by atoms with Crippen molar-refractivity contribution in [3.63, 3.8) is 0 Å². The summed E-state index contributed by atoms with van der Waals surface area (Å²) in [5, 5.41) is 3.41. The molecule has 0 radical (unpaired) electrons. The smallest absolute Gasteiger partial charge is 0.162 e. The molecule has 0 bridgehead atoms. The summed E-state index contributed by atoms with van der Waals surface area (Å²) in [4.78, 5) is 1.24. The van der Waals surface area contributed by atoms with Crippen LogP contribution in [0.3, 0.4) is 0 Å². The lowest BCUT2D eigenvalue weighted by atomic mass is 10.3. The first-order valence-electron chi connectivity index (χ1n) is 6.55. The molecule has 1 aromatic rings. The van der Waals surface area contributed by atoms with Crippen molar-refractivity contribution in [2.24, 2.45) is 0 Å². The zero-order valence-corrected chi connectivity index (χ0v) is 11.9. The fourth-order valence-electron chi connectivity index (χ4n) is 1.86. The predicted octanol–water partition coefficient (Wildman–Crippen LogP) is 2.94. The van der Waals surface area contributed by atoms with Gasteiger partial charge in [0.15, 0.2) is 11.5 Å². The average Bonchev–Trinajstić information content (AvgIpc) is 2.61. The molecule has 1 aliphatic rings. The van der Waals surface area contributed by atoms with E-state index in [9.17, 15) is 0 Å². The van der Waals surface area contributed by atoms with E-state index in [2.05, 4.69) is 31.3 Å². The Labute approximate surface area is 113 Å². The molecule has 4 heteroatoms. The number of fused-ring (bicyclic) bond motifs is 1. The Morgan fingerprint density at radius 1 is 1.28 bits per heavy atom. The molecule has 1 N–H and O–H groups in total. The van der Waals surface area contributed by atoms with Gasteiger partial charge in [-0.3, -0.25) is 0 Å². The lowest BCUT2D eigenvalue weighted by Gasteiger charge is -2.13. The minimum absolute atomic E-state index is 0.524. The topological polar surface area (TPSA) is 30.5 Å². The van der Waals surface area contributed by atoms with Gasteiger partial charge >= 0.3 is 0 Å². The maximum atomic E-state index is 5.69. The van der Waals surface area contributed by atoms with Gasteiger partial charge in [-0.15, -0.1) is 11.8 Å². The minimum atomic E-state index is 0.524. The number of nitrogens with one attached hydrogen (secondary N) is 1. The molecule has 2 rings (SSSR count). The van der Waals surface area contributed by atoms with Crippen molar-refractivity contribution in [2.75, 3.05) is 25.5 Å². The Morgan fingerprint density at radius 3 is 2.83 bits per heavy atom. The largest absolute Gasteiger partial charge is 0.490 e. The molecule has 1 atom stereocenters. The summed E-state index contributed by atoms with van der Waals surface area (Å²) < 4.78 is 11.3. The highest BCUT2D eigenvalue weighted by molar-refractivity contribution is 7.99. The fraction of sp³-hybridized carbons (Fsp3) is 0.571. The number of benzene rings is 1. The van der Waals surface area contributed by atoms with Crippen LogP contribution in [0.4, 0.5) is 0 Å². The van der Waals surface area contributed by atoms with Crippen LogP contribution < -0.4 is 14.8 Å². The summed E-state index contributed by atoms with van der Waals surface area (Å²) >= 11 is 1.85. The normalized spacial score (nSPS) is 16.1. The van der Waals surface area contributed by atoms with Crippen molar-refractivity contribution < 1.29 is 9.47 Å². The molecule has 0 amide bonds. The van der Waals surface area contributed by atoms with Gasteiger partial charge in [0.25, 0.3) is 0 Å². The van der Waals surface area contributed by atoms with E-state index in [0.717, 1.165) is 43.4 Å². The molecule has 1 aliphatic heterocycles. The highest BCUT2D eigenvalue weighted by Gasteiger charge is 2.11. The molecule has 100 valence electrons. The van der Waals surface area contributed by atoms with Crippen molar-refractivity contribution in [3.8, 4) is 11.5 Å². The van der Waals surface area contributed by atoms with Crippen LogP contribution in [-0.2, 0) is 0 Å². The molecule has 3 nitrogen and oxygen atoms in total. The summed E-state index contributed by atoms with van der Waals surface area (Å²) in [6.45, 7) is 6.85. The van der Waals surface area contributed by atoms with E-state index in [0.29, 0.717) is 6.04 Å². The second kappa shape index (κ2) is 6.90. The van der Waals surface area contributed by atoms with E-state index < -0.39 is 0 Å². The molecule has 0 aromatic heterocycles. The molecule has 1 heterocycles. The Morgan fingerprint density at radius 2 is 2.06 bits per heavy atom. The Balaban J connectivity index is 1.95. The highest BCUT2D eigenvalue weighted by Crippen LogP contribution is 2.33. The van der Waals surface area contributed by atoms with Gasteiger partial charge in [-0.25, -0.2) is 0 Å². The Hall–Kier alpha value is -0.870. The standard InChI is InChI=1S/C14H21NO2S/c1-3-15-11(2)10-18-12-5-6-13-14(9-12)17-8-4-7-16-13/h5-6,9,11,15H,3-4,7-8,10H2,1-2H3. The molecule has 1 unspecified atom stereocenters. The Bertz CT molecular complexity index is 384. The third-order valence-electron chi connectivity index (χ3n) is 2.77. The first-order valence-corrected chi connectivity index (χ1v) is 7.54. The van der Waals surface area contributed by atoms with E-state index in [-0.39, 0.29) is 0 Å². The quantitative estimate of drug-likeness (QED) is 0.831. The number of ether oxygens (including phenoxy) is 2. The van der Waals surface area contributed by atoms with Gasteiger partial charge in [0.05, 0.1) is 13.2 Å². The fourth-order valence-corrected chi connectivity index (χ4v) is 2.78. The van der Waals surface area contributed by atoms with Crippen LogP contribution in [0.1, 0.15) is 20.3 Å². The molecule has 0 saturated heterocycles. The molecule has 0 fully saturated rings. The maximum absolute atomic E-state index is 5.69. The molecule has 0 saturated carbocycles. The van der Waals surface area contributed by atoms with Crippen LogP contribution in [0.2, 0.25) is 0 Å². The molecular formula is C14H21NO2S. The van der Waals surface area contributed by atoms with E-state index in [1.807, 2.05) is 17.8 Å². The van der Waals surface area contributed by atoms with Crippen LogP contribution in [0.15, 0.2) is 23.1 Å². The summed E-state index contributed by atoms with van der Waals surface area (Å²) in [5.74, 6) is 2.82. The second-order valence-electron chi connectivity index (χ2n) is 4.43. The molecule has 0 aliphatic carbocycles. The Kier molecular flexibility index (Phi) is 5.20. The van der Waals surface area contributed by atoms with Crippen molar-refractivity contribution in [2.45, 2.75) is 31.2 Å². The van der Waals surface area contributed by atoms with Gasteiger partial charge in [0, 0.05) is 23.1 Å². The van der Waals surface area contributed by atoms with Crippen LogP contribution in [0, 0.1) is 0 Å². The monoisotopic (exact) mass is 267 g/mol. The van der Waals surface area contributed by atoms with Crippen molar-refractivity contribution in [1.29, 1.82) is 0 Å². The lowest BCUT2D eigenvalue weighted by molar-refractivity contribution is 0.297. The van der Waals surface area contributed by atoms with E-state index in [1.165, 1.54) is 4.90 Å². The molecular weight excluding hydrogens is 246 g/mol. The molecule has 0 spiro atoms. The average molecular weight is 267 g/mol. The van der Waals surface area contributed by atoms with Crippen molar-refractivity contribution in [1.82, 2.24) is 5.32 Å². The predicted molar refractivity (Wildman–Crippen MR) is 75.9 cm³/mol. The number of rotatable bonds is 5. The summed E-state index contributed by atoms with van der Waals surface area (Å²) in [7, 11) is 0. The third-order valence-corrected chi connectivity index (χ3v) is 4.03. The van der Waals surface area contributed by atoms with Crippen LogP contribution in [0.5, 0.6) is 11.5 Å². The summed E-state index contributed by atoms with van der Waals surface area (Å²) in [6, 6.07) is 6.73. The zero-order valence-electron chi connectivity index (χ0n) is 11.1. The minimum Gasteiger partial charge on any atom is -0.490 e. The zero-order chi connectivity index (χ0) is 12.8. The SMILES string of the molecule is CCNC(C)CSc1ccc2c(c1)OCCCO2. The lowest BCUT2D eigenvalue weighted by Crippen LogP contribution is -2.27. The van der Waals surface area contributed by atoms with E-state index in [4.69, 9.17) is 9.47 Å². The number of hydrogen-bond donors (Lipinski definition) is 1.